The number of rotatable bonds is 8. The number of methoxy groups -OCH3 is 1. The summed E-state index contributed by atoms with van der Waals surface area (Å²) in [6, 6.07) is 14.1. The first-order chi connectivity index (χ1) is 17.9. The van der Waals surface area contributed by atoms with Crippen LogP contribution in [-0.4, -0.2) is 35.9 Å². The van der Waals surface area contributed by atoms with Crippen LogP contribution in [0.4, 0.5) is 15.8 Å². The van der Waals surface area contributed by atoms with E-state index in [1.807, 2.05) is 0 Å². The maximum Gasteiger partial charge on any atom is 0.263 e. The molecule has 4 rings (SSSR count). The average Bonchev–Trinajstić information content (AvgIpc) is 2.90. The van der Waals surface area contributed by atoms with E-state index < -0.39 is 17.6 Å². The van der Waals surface area contributed by atoms with Gasteiger partial charge in [-0.2, -0.15) is 0 Å². The Morgan fingerprint density at radius 1 is 0.865 bits per heavy atom. The number of carbonyl (C=O) groups is 2. The molecule has 2 amide bonds. The molecule has 9 nitrogen and oxygen atoms in total. The van der Waals surface area contributed by atoms with E-state index in [1.165, 1.54) is 24.5 Å². The zero-order valence-electron chi connectivity index (χ0n) is 20.3. The summed E-state index contributed by atoms with van der Waals surface area (Å²) in [4.78, 5) is 34.0. The van der Waals surface area contributed by atoms with Crippen LogP contribution in [0.5, 0.6) is 17.2 Å². The van der Waals surface area contributed by atoms with Crippen molar-refractivity contribution >= 4 is 34.1 Å². The van der Waals surface area contributed by atoms with E-state index in [4.69, 9.17) is 9.47 Å². The second-order valence-electron chi connectivity index (χ2n) is 7.83. The number of fused-ring (bicyclic) bond motifs is 1. The molecule has 3 N–H and O–H groups in total. The van der Waals surface area contributed by atoms with E-state index in [-0.39, 0.29) is 17.0 Å². The number of nitrogens with zero attached hydrogens (tertiary/aromatic N) is 2. The first kappa shape index (κ1) is 25.1. The van der Waals surface area contributed by atoms with E-state index >= 15 is 0 Å². The third-order valence-corrected chi connectivity index (χ3v) is 5.46. The van der Waals surface area contributed by atoms with Gasteiger partial charge in [-0.1, -0.05) is 0 Å². The third-order valence-electron chi connectivity index (χ3n) is 5.46. The minimum atomic E-state index is -0.708. The van der Waals surface area contributed by atoms with Gasteiger partial charge in [0.1, 0.15) is 17.1 Å². The summed E-state index contributed by atoms with van der Waals surface area (Å²) in [6.07, 6.45) is 4.59. The molecule has 2 aromatic heterocycles. The molecule has 10 heteroatoms. The number of hydrogen-bond acceptors (Lipinski definition) is 7. The van der Waals surface area contributed by atoms with E-state index in [2.05, 4.69) is 25.9 Å². The summed E-state index contributed by atoms with van der Waals surface area (Å²) >= 11 is 0. The van der Waals surface area contributed by atoms with Gasteiger partial charge in [-0.25, -0.2) is 4.39 Å². The number of nitrogens with one attached hydrogen (secondary N) is 3. The Labute approximate surface area is 212 Å². The molecule has 37 heavy (non-hydrogen) atoms. The van der Waals surface area contributed by atoms with E-state index in [9.17, 15) is 14.0 Å². The van der Waals surface area contributed by atoms with Gasteiger partial charge in [0.15, 0.2) is 11.6 Å². The smallest absolute Gasteiger partial charge is 0.263 e. The van der Waals surface area contributed by atoms with Crippen molar-refractivity contribution in [2.75, 3.05) is 24.8 Å². The van der Waals surface area contributed by atoms with Crippen molar-refractivity contribution < 1.29 is 23.5 Å². The molecule has 0 radical (unpaired) electrons. The molecule has 2 heterocycles. The van der Waals surface area contributed by atoms with Crippen LogP contribution < -0.4 is 25.4 Å². The molecule has 0 aliphatic rings. The summed E-state index contributed by atoms with van der Waals surface area (Å²) in [6.45, 7) is 1.59. The van der Waals surface area contributed by atoms with Crippen LogP contribution >= 0.6 is 0 Å². The predicted molar refractivity (Wildman–Crippen MR) is 138 cm³/mol. The van der Waals surface area contributed by atoms with Crippen molar-refractivity contribution in [1.29, 1.82) is 0 Å². The van der Waals surface area contributed by atoms with Crippen molar-refractivity contribution in [2.45, 2.75) is 6.92 Å². The Balaban J connectivity index is 1.52. The number of carbonyl (C=O) groups excluding carboxylic acids is 2. The molecule has 0 saturated heterocycles. The molecule has 188 valence electrons. The lowest BCUT2D eigenvalue weighted by Crippen LogP contribution is -2.29. The minimum absolute atomic E-state index is 0.0427. The monoisotopic (exact) mass is 501 g/mol. The number of pyridine rings is 2. The van der Waals surface area contributed by atoms with Crippen molar-refractivity contribution in [3.8, 4) is 17.2 Å². The summed E-state index contributed by atoms with van der Waals surface area (Å²) in [5.74, 6) is -1.03. The second kappa shape index (κ2) is 11.2. The highest BCUT2D eigenvalue weighted by Crippen LogP contribution is 2.32. The number of allylic oxidation sites excluding steroid dienone is 1. The van der Waals surface area contributed by atoms with Crippen LogP contribution in [0.25, 0.3) is 10.9 Å². The summed E-state index contributed by atoms with van der Waals surface area (Å²) in [5, 5.41) is 8.70. The molecule has 0 spiro atoms. The molecular weight excluding hydrogens is 477 g/mol. The van der Waals surface area contributed by atoms with Gasteiger partial charge >= 0.3 is 0 Å². The van der Waals surface area contributed by atoms with Crippen LogP contribution in [0, 0.1) is 5.82 Å². The first-order valence-corrected chi connectivity index (χ1v) is 11.2. The maximum atomic E-state index is 15.0. The highest BCUT2D eigenvalue weighted by molar-refractivity contribution is 6.26. The van der Waals surface area contributed by atoms with Crippen LogP contribution in [0.1, 0.15) is 6.92 Å². The van der Waals surface area contributed by atoms with E-state index in [0.717, 1.165) is 6.07 Å². The third kappa shape index (κ3) is 5.81. The van der Waals surface area contributed by atoms with Crippen molar-refractivity contribution in [3.63, 3.8) is 0 Å². The molecule has 2 aromatic carbocycles. The molecule has 0 fully saturated rings. The highest BCUT2D eigenvalue weighted by Gasteiger charge is 2.22. The molecule has 0 unspecified atom stereocenters. The minimum Gasteiger partial charge on any atom is -0.497 e. The van der Waals surface area contributed by atoms with Gasteiger partial charge in [-0.15, -0.1) is 0 Å². The summed E-state index contributed by atoms with van der Waals surface area (Å²) < 4.78 is 26.0. The number of halogens is 1. The zero-order chi connectivity index (χ0) is 26.4. The number of amides is 2. The van der Waals surface area contributed by atoms with Gasteiger partial charge in [0, 0.05) is 60.2 Å². The van der Waals surface area contributed by atoms with Crippen LogP contribution in [-0.2, 0) is 9.59 Å². The fraction of sp³-hybridized carbons (Fsp3) is 0.111. The fourth-order valence-corrected chi connectivity index (χ4v) is 3.49. The predicted octanol–water partition coefficient (Wildman–Crippen LogP) is 4.64. The maximum absolute atomic E-state index is 15.0. The molecule has 4 aromatic rings. The van der Waals surface area contributed by atoms with E-state index in [1.54, 1.807) is 63.7 Å². The fourth-order valence-electron chi connectivity index (χ4n) is 3.49. The van der Waals surface area contributed by atoms with Crippen LogP contribution in [0.15, 0.2) is 84.5 Å². The molecule has 0 bridgehead atoms. The van der Waals surface area contributed by atoms with Crippen molar-refractivity contribution in [2.24, 2.45) is 0 Å². The van der Waals surface area contributed by atoms with Gasteiger partial charge < -0.3 is 25.4 Å². The van der Waals surface area contributed by atoms with Gasteiger partial charge in [0.25, 0.3) is 11.8 Å². The molecule has 0 saturated carbocycles. The second-order valence-corrected chi connectivity index (χ2v) is 7.83. The lowest BCUT2D eigenvalue weighted by molar-refractivity contribution is -0.118. The summed E-state index contributed by atoms with van der Waals surface area (Å²) in [5.41, 5.74) is 1.44. The van der Waals surface area contributed by atoms with Crippen LogP contribution in [0.2, 0.25) is 0 Å². The van der Waals surface area contributed by atoms with Gasteiger partial charge in [-0.3, -0.25) is 19.6 Å². The highest BCUT2D eigenvalue weighted by atomic mass is 19.1. The lowest BCUT2D eigenvalue weighted by Gasteiger charge is -2.14. The number of benzene rings is 2. The van der Waals surface area contributed by atoms with Crippen molar-refractivity contribution in [3.05, 3.63) is 90.3 Å². The van der Waals surface area contributed by atoms with Gasteiger partial charge in [0.05, 0.1) is 12.6 Å². The molecular formula is C27H24FN5O4. The number of hydrogen-bond donors (Lipinski definition) is 3. The number of ether oxygens (including phenoxy) is 2. The molecule has 0 aliphatic carbocycles. The first-order valence-electron chi connectivity index (χ1n) is 11.2. The van der Waals surface area contributed by atoms with Gasteiger partial charge in [0.2, 0.25) is 0 Å². The number of anilines is 2. The average molecular weight is 502 g/mol. The van der Waals surface area contributed by atoms with E-state index in [0.29, 0.717) is 33.8 Å². The standard InChI is InChI=1S/C27H24FN5O4/c1-16(29-2)25(26(34)32-17-8-11-30-12-9-17)27(35)33-18-4-7-24(21(28)14-18)37-23-10-13-31-22-15-19(36-3)5-6-20(22)23/h4-15,29H,1-3H3,(H,33,35)(H,30,32,34)/b25-16+. The molecule has 0 aliphatic heterocycles. The quantitative estimate of drug-likeness (QED) is 0.183. The Morgan fingerprint density at radius 3 is 2.27 bits per heavy atom. The summed E-state index contributed by atoms with van der Waals surface area (Å²) in [7, 11) is 3.15. The van der Waals surface area contributed by atoms with Crippen molar-refractivity contribution in [1.82, 2.24) is 15.3 Å². The Hall–Kier alpha value is -4.99. The largest absolute Gasteiger partial charge is 0.497 e. The SMILES string of the molecule is CN/C(C)=C(\C(=O)Nc1ccncc1)C(=O)Nc1ccc(Oc2ccnc3cc(OC)ccc23)c(F)c1. The zero-order valence-corrected chi connectivity index (χ0v) is 20.3. The van der Waals surface area contributed by atoms with Gasteiger partial charge in [-0.05, 0) is 49.4 Å². The normalized spacial score (nSPS) is 11.4. The Kier molecular flexibility index (Phi) is 7.58. The number of aromatic nitrogens is 2. The van der Waals surface area contributed by atoms with Crippen LogP contribution in [0.3, 0.4) is 0 Å². The lowest BCUT2D eigenvalue weighted by atomic mass is 10.1. The topological polar surface area (TPSA) is 114 Å². The molecule has 0 atom stereocenters. The Morgan fingerprint density at radius 2 is 1.59 bits per heavy atom. The Bertz CT molecular complexity index is 1490.